The highest BCUT2D eigenvalue weighted by Gasteiger charge is 2.15. The number of rotatable bonds is 2. The van der Waals surface area contributed by atoms with Crippen LogP contribution in [0.5, 0.6) is 0 Å². The lowest BCUT2D eigenvalue weighted by Crippen LogP contribution is -2.13. The molecule has 2 rings (SSSR count). The summed E-state index contributed by atoms with van der Waals surface area (Å²) in [6.07, 6.45) is 1.75. The zero-order chi connectivity index (χ0) is 12.6. The molecule has 2 aromatic rings. The summed E-state index contributed by atoms with van der Waals surface area (Å²) in [6, 6.07) is 2.72. The van der Waals surface area contributed by atoms with E-state index < -0.39 is 17.7 Å². The van der Waals surface area contributed by atoms with Gasteiger partial charge in [0, 0.05) is 24.9 Å². The molecule has 90 valence electrons. The summed E-state index contributed by atoms with van der Waals surface area (Å²) >= 11 is 0. The molecule has 2 N–H and O–H groups in total. The van der Waals surface area contributed by atoms with E-state index in [0.29, 0.717) is 5.56 Å². The van der Waals surface area contributed by atoms with Gasteiger partial charge >= 0.3 is 0 Å². The number of nitrogens with zero attached hydrogens (tertiary/aromatic N) is 2. The molecule has 1 aromatic carbocycles. The highest BCUT2D eigenvalue weighted by atomic mass is 19.1. The molecule has 1 heterocycles. The fraction of sp³-hybridized carbons (Fsp3) is 0.250. The molecule has 0 spiro atoms. The van der Waals surface area contributed by atoms with Crippen LogP contribution in [-0.2, 0) is 7.05 Å². The van der Waals surface area contributed by atoms with Crippen molar-refractivity contribution in [2.75, 3.05) is 0 Å². The fourth-order valence-corrected chi connectivity index (χ4v) is 1.86. The Labute approximate surface area is 97.9 Å². The van der Waals surface area contributed by atoms with Gasteiger partial charge in [0.05, 0.1) is 11.7 Å². The van der Waals surface area contributed by atoms with E-state index in [1.54, 1.807) is 17.9 Å². The molecule has 0 amide bonds. The third kappa shape index (κ3) is 2.34. The monoisotopic (exact) mass is 237 g/mol. The normalized spacial score (nSPS) is 12.8. The topological polar surface area (TPSA) is 43.8 Å². The van der Waals surface area contributed by atoms with Crippen LogP contribution in [0.3, 0.4) is 0 Å². The highest BCUT2D eigenvalue weighted by Crippen LogP contribution is 2.23. The smallest absolute Gasteiger partial charge is 0.126 e. The van der Waals surface area contributed by atoms with Crippen molar-refractivity contribution in [2.45, 2.75) is 13.0 Å². The molecule has 0 fully saturated rings. The van der Waals surface area contributed by atoms with Gasteiger partial charge in [-0.15, -0.1) is 0 Å². The summed E-state index contributed by atoms with van der Waals surface area (Å²) in [5.41, 5.74) is 7.90. The van der Waals surface area contributed by atoms with Crippen LogP contribution >= 0.6 is 0 Å². The van der Waals surface area contributed by atoms with E-state index in [0.717, 1.165) is 17.3 Å². The summed E-state index contributed by atoms with van der Waals surface area (Å²) in [6.45, 7) is 1.81. The van der Waals surface area contributed by atoms with Crippen LogP contribution in [0.2, 0.25) is 0 Å². The molecule has 5 heteroatoms. The van der Waals surface area contributed by atoms with Gasteiger partial charge in [-0.2, -0.15) is 5.10 Å². The summed E-state index contributed by atoms with van der Waals surface area (Å²) in [5.74, 6) is -1.26. The minimum atomic E-state index is -0.628. The van der Waals surface area contributed by atoms with Gasteiger partial charge in [0.1, 0.15) is 11.6 Å². The lowest BCUT2D eigenvalue weighted by atomic mass is 10.0. The zero-order valence-corrected chi connectivity index (χ0v) is 9.61. The van der Waals surface area contributed by atoms with E-state index in [9.17, 15) is 8.78 Å². The number of halogens is 2. The van der Waals surface area contributed by atoms with Gasteiger partial charge in [0.2, 0.25) is 0 Å². The van der Waals surface area contributed by atoms with Crippen LogP contribution in [0.4, 0.5) is 8.78 Å². The maximum atomic E-state index is 13.1. The second-order valence-electron chi connectivity index (χ2n) is 4.02. The first kappa shape index (κ1) is 11.7. The van der Waals surface area contributed by atoms with Crippen molar-refractivity contribution in [3.05, 3.63) is 52.9 Å². The number of nitrogens with two attached hydrogens (primary N) is 1. The Morgan fingerprint density at radius 3 is 2.29 bits per heavy atom. The molecule has 0 aliphatic carbocycles. The van der Waals surface area contributed by atoms with Crippen molar-refractivity contribution in [2.24, 2.45) is 12.8 Å². The SMILES string of the molecule is Cc1nn(C)cc1C(N)c1cc(F)cc(F)c1. The van der Waals surface area contributed by atoms with Gasteiger partial charge < -0.3 is 5.73 Å². The van der Waals surface area contributed by atoms with Gasteiger partial charge in [-0.1, -0.05) is 0 Å². The van der Waals surface area contributed by atoms with E-state index >= 15 is 0 Å². The van der Waals surface area contributed by atoms with E-state index in [2.05, 4.69) is 5.10 Å². The average molecular weight is 237 g/mol. The summed E-state index contributed by atoms with van der Waals surface area (Å²) in [4.78, 5) is 0. The van der Waals surface area contributed by atoms with Gasteiger partial charge in [-0.05, 0) is 24.6 Å². The Balaban J connectivity index is 2.43. The van der Waals surface area contributed by atoms with Crippen LogP contribution in [0.1, 0.15) is 22.9 Å². The van der Waals surface area contributed by atoms with Crippen molar-refractivity contribution in [3.8, 4) is 0 Å². The second-order valence-corrected chi connectivity index (χ2v) is 4.02. The summed E-state index contributed by atoms with van der Waals surface area (Å²) in [5, 5.41) is 4.15. The van der Waals surface area contributed by atoms with E-state index in [-0.39, 0.29) is 0 Å². The van der Waals surface area contributed by atoms with E-state index in [1.807, 2.05) is 6.92 Å². The molecule has 3 nitrogen and oxygen atoms in total. The first-order chi connectivity index (χ1) is 7.97. The van der Waals surface area contributed by atoms with Crippen LogP contribution in [0.25, 0.3) is 0 Å². The Bertz CT molecular complexity index is 528. The number of aromatic nitrogens is 2. The Morgan fingerprint density at radius 1 is 1.24 bits per heavy atom. The molecule has 0 aliphatic rings. The van der Waals surface area contributed by atoms with Crippen LogP contribution in [0.15, 0.2) is 24.4 Å². The van der Waals surface area contributed by atoms with Crippen LogP contribution in [0, 0.1) is 18.6 Å². The lowest BCUT2D eigenvalue weighted by Gasteiger charge is -2.11. The van der Waals surface area contributed by atoms with Gasteiger partial charge in [-0.25, -0.2) is 8.78 Å². The van der Waals surface area contributed by atoms with Crippen molar-refractivity contribution in [3.63, 3.8) is 0 Å². The minimum Gasteiger partial charge on any atom is -0.320 e. The average Bonchev–Trinajstić information content (AvgIpc) is 2.55. The predicted molar refractivity (Wildman–Crippen MR) is 60.3 cm³/mol. The standard InChI is InChI=1S/C12H13F2N3/c1-7-11(6-17(2)16-7)12(15)8-3-9(13)5-10(14)4-8/h3-6,12H,15H2,1-2H3. The predicted octanol–water partition coefficient (Wildman–Crippen LogP) is 2.05. The lowest BCUT2D eigenvalue weighted by molar-refractivity contribution is 0.577. The summed E-state index contributed by atoms with van der Waals surface area (Å²) in [7, 11) is 1.77. The summed E-state index contributed by atoms with van der Waals surface area (Å²) < 4.78 is 27.8. The molecule has 1 unspecified atom stereocenters. The quantitative estimate of drug-likeness (QED) is 0.868. The molecule has 1 aromatic heterocycles. The van der Waals surface area contributed by atoms with Crippen molar-refractivity contribution in [1.82, 2.24) is 9.78 Å². The third-order valence-electron chi connectivity index (χ3n) is 2.63. The van der Waals surface area contributed by atoms with E-state index in [1.165, 1.54) is 12.1 Å². The Hall–Kier alpha value is -1.75. The fourth-order valence-electron chi connectivity index (χ4n) is 1.86. The molecule has 17 heavy (non-hydrogen) atoms. The van der Waals surface area contributed by atoms with Gasteiger partial charge in [-0.3, -0.25) is 4.68 Å². The maximum Gasteiger partial charge on any atom is 0.126 e. The number of aryl methyl sites for hydroxylation is 2. The first-order valence-corrected chi connectivity index (χ1v) is 5.19. The second kappa shape index (κ2) is 4.25. The minimum absolute atomic E-state index is 0.401. The molecule has 0 bridgehead atoms. The van der Waals surface area contributed by atoms with Crippen molar-refractivity contribution in [1.29, 1.82) is 0 Å². The Morgan fingerprint density at radius 2 is 1.82 bits per heavy atom. The molecular weight excluding hydrogens is 224 g/mol. The van der Waals surface area contributed by atoms with Gasteiger partial charge in [0.25, 0.3) is 0 Å². The molecule has 0 aliphatic heterocycles. The molecular formula is C12H13F2N3. The number of hydrogen-bond acceptors (Lipinski definition) is 2. The first-order valence-electron chi connectivity index (χ1n) is 5.19. The van der Waals surface area contributed by atoms with Crippen LogP contribution in [-0.4, -0.2) is 9.78 Å². The molecule has 0 saturated heterocycles. The maximum absolute atomic E-state index is 13.1. The Kier molecular flexibility index (Phi) is 2.93. The number of hydrogen-bond donors (Lipinski definition) is 1. The van der Waals surface area contributed by atoms with Crippen molar-refractivity contribution < 1.29 is 8.78 Å². The molecule has 0 radical (unpaired) electrons. The van der Waals surface area contributed by atoms with Crippen molar-refractivity contribution >= 4 is 0 Å². The third-order valence-corrected chi connectivity index (χ3v) is 2.63. The molecule has 0 saturated carbocycles. The van der Waals surface area contributed by atoms with E-state index in [4.69, 9.17) is 5.73 Å². The van der Waals surface area contributed by atoms with Gasteiger partial charge in [0.15, 0.2) is 0 Å². The largest absolute Gasteiger partial charge is 0.320 e. The van der Waals surface area contributed by atoms with Crippen LogP contribution < -0.4 is 5.73 Å². The number of benzene rings is 1. The molecule has 1 atom stereocenters. The highest BCUT2D eigenvalue weighted by molar-refractivity contribution is 5.32. The zero-order valence-electron chi connectivity index (χ0n) is 9.61.